The van der Waals surface area contributed by atoms with Crippen molar-refractivity contribution >= 4 is 6.34 Å². The summed E-state index contributed by atoms with van der Waals surface area (Å²) in [5, 5.41) is 3.40. The number of alkyl halides is 3. The number of hydrogen-bond acceptors (Lipinski definition) is 3. The Morgan fingerprint density at radius 2 is 2.23 bits per heavy atom. The van der Waals surface area contributed by atoms with Crippen molar-refractivity contribution in [2.75, 3.05) is 6.54 Å². The fourth-order valence-electron chi connectivity index (χ4n) is 1.11. The van der Waals surface area contributed by atoms with Crippen LogP contribution in [0.1, 0.15) is 19.8 Å². The number of hydrogen-bond donors (Lipinski definition) is 1. The van der Waals surface area contributed by atoms with Gasteiger partial charge in [0.15, 0.2) is 0 Å². The van der Waals surface area contributed by atoms with Gasteiger partial charge in [0.1, 0.15) is 6.34 Å². The van der Waals surface area contributed by atoms with E-state index in [0.717, 1.165) is 12.8 Å². The van der Waals surface area contributed by atoms with E-state index in [1.807, 2.05) is 12.3 Å². The molecule has 0 radical (unpaired) electrons. The van der Waals surface area contributed by atoms with Crippen LogP contribution in [0, 0.1) is 0 Å². The van der Waals surface area contributed by atoms with Crippen LogP contribution in [-0.2, 0) is 0 Å². The molecule has 1 unspecified atom stereocenters. The Hall–Kier alpha value is -0.940. The van der Waals surface area contributed by atoms with Crippen LogP contribution in [0.2, 0.25) is 0 Å². The van der Waals surface area contributed by atoms with E-state index in [4.69, 9.17) is 0 Å². The molecular weight excluding hydrogens is 183 g/mol. The molecule has 0 fully saturated rings. The Bertz CT molecular complexity index is 190. The average molecular weight is 195 g/mol. The number of unbranched alkanes of at least 4 members (excludes halogenated alkanes) is 1. The third kappa shape index (κ3) is 2.50. The van der Waals surface area contributed by atoms with Gasteiger partial charge in [0.2, 0.25) is 6.17 Å². The van der Waals surface area contributed by atoms with Gasteiger partial charge in [-0.15, -0.1) is 0 Å². The summed E-state index contributed by atoms with van der Waals surface area (Å²) in [4.78, 5) is 1.17. The zero-order chi connectivity index (χ0) is 9.90. The van der Waals surface area contributed by atoms with Gasteiger partial charge < -0.3 is 4.90 Å². The summed E-state index contributed by atoms with van der Waals surface area (Å²) in [5.41, 5.74) is 2.03. The fraction of sp³-hybridized carbons (Fsp3) is 0.857. The molecule has 0 amide bonds. The SMILES string of the molecule is CCCCN1C=NNC1C(F)(F)F. The van der Waals surface area contributed by atoms with Gasteiger partial charge >= 0.3 is 6.18 Å². The molecule has 6 heteroatoms. The highest BCUT2D eigenvalue weighted by Crippen LogP contribution is 2.24. The first-order chi connectivity index (χ1) is 6.05. The molecule has 0 aromatic carbocycles. The van der Waals surface area contributed by atoms with E-state index in [0.29, 0.717) is 6.54 Å². The molecule has 0 aromatic heterocycles. The second-order valence-corrected chi connectivity index (χ2v) is 2.91. The first kappa shape index (κ1) is 10.1. The fourth-order valence-corrected chi connectivity index (χ4v) is 1.11. The third-order valence-electron chi connectivity index (χ3n) is 1.81. The number of rotatable bonds is 3. The molecule has 3 nitrogen and oxygen atoms in total. The Morgan fingerprint density at radius 1 is 1.54 bits per heavy atom. The van der Waals surface area contributed by atoms with Gasteiger partial charge in [-0.3, -0.25) is 5.43 Å². The van der Waals surface area contributed by atoms with Crippen LogP contribution >= 0.6 is 0 Å². The lowest BCUT2D eigenvalue weighted by molar-refractivity contribution is -0.177. The van der Waals surface area contributed by atoms with Crippen molar-refractivity contribution in [1.82, 2.24) is 10.3 Å². The van der Waals surface area contributed by atoms with E-state index in [2.05, 4.69) is 5.10 Å². The third-order valence-corrected chi connectivity index (χ3v) is 1.81. The Kier molecular flexibility index (Phi) is 3.00. The number of nitrogens with zero attached hydrogens (tertiary/aromatic N) is 2. The molecule has 1 rings (SSSR count). The molecule has 1 aliphatic rings. The first-order valence-electron chi connectivity index (χ1n) is 4.17. The van der Waals surface area contributed by atoms with Crippen LogP contribution in [0.25, 0.3) is 0 Å². The standard InChI is InChI=1S/C7H12F3N3/c1-2-3-4-13-5-11-12-6(13)7(8,9)10/h5-6,12H,2-4H2,1H3. The lowest BCUT2D eigenvalue weighted by Crippen LogP contribution is -2.48. The van der Waals surface area contributed by atoms with Crippen molar-refractivity contribution in [2.24, 2.45) is 5.10 Å². The predicted molar refractivity (Wildman–Crippen MR) is 43.1 cm³/mol. The molecule has 1 atom stereocenters. The number of halogens is 3. The molecule has 1 N–H and O–H groups in total. The van der Waals surface area contributed by atoms with E-state index in [1.165, 1.54) is 11.2 Å². The van der Waals surface area contributed by atoms with Crippen molar-refractivity contribution in [3.8, 4) is 0 Å². The second kappa shape index (κ2) is 3.85. The van der Waals surface area contributed by atoms with Crippen molar-refractivity contribution in [3.05, 3.63) is 0 Å². The van der Waals surface area contributed by atoms with Crippen LogP contribution in [0.3, 0.4) is 0 Å². The van der Waals surface area contributed by atoms with E-state index in [9.17, 15) is 13.2 Å². The molecule has 1 aliphatic heterocycles. The maximum absolute atomic E-state index is 12.3. The highest BCUT2D eigenvalue weighted by molar-refractivity contribution is 5.57. The van der Waals surface area contributed by atoms with Crippen LogP contribution < -0.4 is 5.43 Å². The van der Waals surface area contributed by atoms with E-state index in [-0.39, 0.29) is 0 Å². The summed E-state index contributed by atoms with van der Waals surface area (Å²) >= 11 is 0. The molecule has 13 heavy (non-hydrogen) atoms. The van der Waals surface area contributed by atoms with Gasteiger partial charge in [-0.2, -0.15) is 18.3 Å². The average Bonchev–Trinajstić information content (AvgIpc) is 2.47. The van der Waals surface area contributed by atoms with Gasteiger partial charge in [-0.25, -0.2) is 0 Å². The van der Waals surface area contributed by atoms with Gasteiger partial charge in [0.25, 0.3) is 0 Å². The summed E-state index contributed by atoms with van der Waals surface area (Å²) in [6.07, 6.45) is -3.09. The minimum absolute atomic E-state index is 0.386. The van der Waals surface area contributed by atoms with Crippen molar-refractivity contribution < 1.29 is 13.2 Å². The maximum Gasteiger partial charge on any atom is 0.428 e. The van der Waals surface area contributed by atoms with E-state index >= 15 is 0 Å². The summed E-state index contributed by atoms with van der Waals surface area (Å²) in [6, 6.07) is 0. The van der Waals surface area contributed by atoms with Crippen molar-refractivity contribution in [1.29, 1.82) is 0 Å². The summed E-state index contributed by atoms with van der Waals surface area (Å²) in [6.45, 7) is 2.32. The normalized spacial score (nSPS) is 22.2. The predicted octanol–water partition coefficient (Wildman–Crippen LogP) is 1.52. The Morgan fingerprint density at radius 3 is 2.77 bits per heavy atom. The second-order valence-electron chi connectivity index (χ2n) is 2.91. The number of hydrazone groups is 1. The molecule has 0 aliphatic carbocycles. The molecule has 0 saturated heterocycles. The summed E-state index contributed by atoms with van der Waals surface area (Å²) < 4.78 is 36.8. The van der Waals surface area contributed by atoms with Crippen molar-refractivity contribution in [3.63, 3.8) is 0 Å². The van der Waals surface area contributed by atoms with Crippen LogP contribution in [0.15, 0.2) is 5.10 Å². The first-order valence-corrected chi connectivity index (χ1v) is 4.17. The zero-order valence-electron chi connectivity index (χ0n) is 7.30. The van der Waals surface area contributed by atoms with Crippen molar-refractivity contribution in [2.45, 2.75) is 32.1 Å². The molecular formula is C7H12F3N3. The lowest BCUT2D eigenvalue weighted by atomic mass is 10.3. The zero-order valence-corrected chi connectivity index (χ0v) is 7.30. The quantitative estimate of drug-likeness (QED) is 0.739. The highest BCUT2D eigenvalue weighted by atomic mass is 19.4. The van der Waals surface area contributed by atoms with Gasteiger partial charge in [0.05, 0.1) is 0 Å². The largest absolute Gasteiger partial charge is 0.428 e. The lowest BCUT2D eigenvalue weighted by Gasteiger charge is -2.25. The van der Waals surface area contributed by atoms with E-state index < -0.39 is 12.3 Å². The molecule has 0 spiro atoms. The van der Waals surface area contributed by atoms with Gasteiger partial charge in [-0.05, 0) is 6.42 Å². The van der Waals surface area contributed by atoms with Crippen LogP contribution in [0.5, 0.6) is 0 Å². The Labute approximate surface area is 74.6 Å². The minimum Gasteiger partial charge on any atom is -0.332 e. The summed E-state index contributed by atoms with van der Waals surface area (Å²) in [5.74, 6) is 0. The molecule has 0 saturated carbocycles. The van der Waals surface area contributed by atoms with E-state index in [1.54, 1.807) is 0 Å². The van der Waals surface area contributed by atoms with Crippen LogP contribution in [0.4, 0.5) is 13.2 Å². The Balaban J connectivity index is 2.48. The summed E-state index contributed by atoms with van der Waals surface area (Å²) in [7, 11) is 0. The maximum atomic E-state index is 12.3. The topological polar surface area (TPSA) is 27.6 Å². The molecule has 1 heterocycles. The van der Waals surface area contributed by atoms with Gasteiger partial charge in [-0.1, -0.05) is 13.3 Å². The molecule has 0 aromatic rings. The monoisotopic (exact) mass is 195 g/mol. The molecule has 76 valence electrons. The van der Waals surface area contributed by atoms with Gasteiger partial charge in [0, 0.05) is 6.54 Å². The molecule has 0 bridgehead atoms. The highest BCUT2D eigenvalue weighted by Gasteiger charge is 2.44. The number of nitrogens with one attached hydrogen (secondary N) is 1. The van der Waals surface area contributed by atoms with Crippen LogP contribution in [-0.4, -0.2) is 30.1 Å². The smallest absolute Gasteiger partial charge is 0.332 e. The minimum atomic E-state index is -4.26.